The first-order valence-corrected chi connectivity index (χ1v) is 11.4. The van der Waals surface area contributed by atoms with Crippen molar-refractivity contribution >= 4 is 51.7 Å². The number of pyridine rings is 1. The maximum Gasteiger partial charge on any atom is 0.267 e. The number of aromatic nitrogens is 2. The van der Waals surface area contributed by atoms with Gasteiger partial charge in [-0.3, -0.25) is 18.9 Å². The molecule has 3 heterocycles. The van der Waals surface area contributed by atoms with E-state index in [0.29, 0.717) is 46.0 Å². The van der Waals surface area contributed by atoms with Gasteiger partial charge in [0.2, 0.25) is 0 Å². The van der Waals surface area contributed by atoms with Crippen molar-refractivity contribution in [3.63, 3.8) is 0 Å². The summed E-state index contributed by atoms with van der Waals surface area (Å²) in [5.41, 5.74) is 1.51. The summed E-state index contributed by atoms with van der Waals surface area (Å²) in [5.74, 6) is 0.905. The number of hydrogen-bond acceptors (Lipinski definition) is 8. The molecular formula is C23H22N4O4S2. The van der Waals surface area contributed by atoms with E-state index in [2.05, 4.69) is 10.3 Å². The lowest BCUT2D eigenvalue weighted by Gasteiger charge is -2.13. The number of rotatable bonds is 8. The minimum absolute atomic E-state index is 0.249. The highest BCUT2D eigenvalue weighted by Gasteiger charge is 2.32. The Labute approximate surface area is 200 Å². The Morgan fingerprint density at radius 2 is 1.94 bits per heavy atom. The van der Waals surface area contributed by atoms with Crippen molar-refractivity contribution < 1.29 is 14.3 Å². The van der Waals surface area contributed by atoms with Gasteiger partial charge < -0.3 is 14.8 Å². The van der Waals surface area contributed by atoms with E-state index in [4.69, 9.17) is 21.7 Å². The standard InChI is InChI=1S/C23H22N4O4S2/c1-30-12-11-27-22(29)18(33-23(27)32)13-17-20(24-14-15-6-8-16(31-2)9-7-15)25-19-5-3-4-10-26(19)21(17)28/h3-10,13,24H,11-12,14H2,1-2H3/b18-13-. The van der Waals surface area contributed by atoms with Crippen LogP contribution in [0.4, 0.5) is 5.82 Å². The van der Waals surface area contributed by atoms with Crippen LogP contribution in [0.25, 0.3) is 11.7 Å². The number of thioether (sulfide) groups is 1. The fourth-order valence-electron chi connectivity index (χ4n) is 3.30. The van der Waals surface area contributed by atoms with E-state index in [9.17, 15) is 9.59 Å². The number of nitrogens with one attached hydrogen (secondary N) is 1. The number of fused-ring (bicyclic) bond motifs is 1. The number of benzene rings is 1. The van der Waals surface area contributed by atoms with Gasteiger partial charge in [0.05, 0.1) is 30.7 Å². The van der Waals surface area contributed by atoms with Gasteiger partial charge in [-0.2, -0.15) is 0 Å². The second-order valence-electron chi connectivity index (χ2n) is 7.14. The minimum Gasteiger partial charge on any atom is -0.497 e. The van der Waals surface area contributed by atoms with Crippen LogP contribution in [0, 0.1) is 0 Å². The molecule has 0 radical (unpaired) electrons. The van der Waals surface area contributed by atoms with E-state index >= 15 is 0 Å². The number of amides is 1. The van der Waals surface area contributed by atoms with Crippen molar-refractivity contribution in [1.82, 2.24) is 14.3 Å². The van der Waals surface area contributed by atoms with E-state index < -0.39 is 0 Å². The van der Waals surface area contributed by atoms with Crippen molar-refractivity contribution in [2.24, 2.45) is 0 Å². The average Bonchev–Trinajstić information content (AvgIpc) is 3.10. The summed E-state index contributed by atoms with van der Waals surface area (Å²) >= 11 is 6.51. The average molecular weight is 483 g/mol. The summed E-state index contributed by atoms with van der Waals surface area (Å²) in [5, 5.41) is 3.25. The van der Waals surface area contributed by atoms with Crippen LogP contribution >= 0.6 is 24.0 Å². The van der Waals surface area contributed by atoms with Gasteiger partial charge in [-0.25, -0.2) is 4.98 Å². The fraction of sp³-hybridized carbons (Fsp3) is 0.217. The van der Waals surface area contributed by atoms with Gasteiger partial charge in [0.1, 0.15) is 21.5 Å². The quantitative estimate of drug-likeness (QED) is 0.387. The number of hydrogen-bond donors (Lipinski definition) is 1. The molecule has 10 heteroatoms. The Hall–Kier alpha value is -3.21. The highest BCUT2D eigenvalue weighted by molar-refractivity contribution is 8.26. The zero-order valence-electron chi connectivity index (χ0n) is 18.1. The molecule has 0 saturated carbocycles. The molecule has 1 fully saturated rings. The van der Waals surface area contributed by atoms with Gasteiger partial charge in [-0.1, -0.05) is 42.2 Å². The summed E-state index contributed by atoms with van der Waals surface area (Å²) in [6.45, 7) is 1.17. The molecule has 2 aromatic heterocycles. The Balaban J connectivity index is 1.71. The van der Waals surface area contributed by atoms with Crippen molar-refractivity contribution in [2.75, 3.05) is 32.7 Å². The zero-order chi connectivity index (χ0) is 23.4. The molecule has 0 atom stereocenters. The van der Waals surface area contributed by atoms with Gasteiger partial charge in [-0.15, -0.1) is 0 Å². The maximum absolute atomic E-state index is 13.3. The number of thiocarbonyl (C=S) groups is 1. The molecule has 1 aromatic carbocycles. The highest BCUT2D eigenvalue weighted by Crippen LogP contribution is 2.33. The smallest absolute Gasteiger partial charge is 0.267 e. The van der Waals surface area contributed by atoms with E-state index in [-0.39, 0.29) is 11.5 Å². The van der Waals surface area contributed by atoms with E-state index in [1.54, 1.807) is 38.6 Å². The molecule has 8 nitrogen and oxygen atoms in total. The lowest BCUT2D eigenvalue weighted by molar-refractivity contribution is -0.122. The van der Waals surface area contributed by atoms with Gasteiger partial charge >= 0.3 is 0 Å². The molecule has 0 spiro atoms. The van der Waals surface area contributed by atoms with Gasteiger partial charge in [0, 0.05) is 19.9 Å². The highest BCUT2D eigenvalue weighted by atomic mass is 32.2. The molecule has 170 valence electrons. The molecule has 3 aromatic rings. The van der Waals surface area contributed by atoms with Gasteiger partial charge in [-0.05, 0) is 35.9 Å². The molecule has 1 N–H and O–H groups in total. The van der Waals surface area contributed by atoms with Crippen LogP contribution < -0.4 is 15.6 Å². The Kier molecular flexibility index (Phi) is 7.07. The van der Waals surface area contributed by atoms with Crippen LogP contribution in [0.15, 0.2) is 58.4 Å². The predicted octanol–water partition coefficient (Wildman–Crippen LogP) is 3.16. The van der Waals surface area contributed by atoms with Crippen LogP contribution in [0.1, 0.15) is 11.1 Å². The number of carbonyl (C=O) groups is 1. The lowest BCUT2D eigenvalue weighted by Crippen LogP contribution is -2.31. The molecule has 1 saturated heterocycles. The first-order chi connectivity index (χ1) is 16.0. The molecular weight excluding hydrogens is 460 g/mol. The van der Waals surface area contributed by atoms with E-state index in [1.807, 2.05) is 30.3 Å². The van der Waals surface area contributed by atoms with Crippen LogP contribution in [0.2, 0.25) is 0 Å². The van der Waals surface area contributed by atoms with Crippen LogP contribution in [0.3, 0.4) is 0 Å². The summed E-state index contributed by atoms with van der Waals surface area (Å²) in [6.07, 6.45) is 3.22. The van der Waals surface area contributed by atoms with Crippen LogP contribution in [-0.4, -0.2) is 51.9 Å². The molecule has 33 heavy (non-hydrogen) atoms. The van der Waals surface area contributed by atoms with Crippen molar-refractivity contribution in [3.05, 3.63) is 75.0 Å². The lowest BCUT2D eigenvalue weighted by atomic mass is 10.2. The normalized spacial score (nSPS) is 15.0. The van der Waals surface area contributed by atoms with E-state index in [0.717, 1.165) is 23.1 Å². The third kappa shape index (κ3) is 4.92. The maximum atomic E-state index is 13.3. The topological polar surface area (TPSA) is 85.2 Å². The molecule has 0 unspecified atom stereocenters. The number of methoxy groups -OCH3 is 2. The first kappa shape index (κ1) is 23.0. The molecule has 4 rings (SSSR count). The minimum atomic E-state index is -0.278. The zero-order valence-corrected chi connectivity index (χ0v) is 19.7. The number of nitrogens with zero attached hydrogens (tertiary/aromatic N) is 3. The number of anilines is 1. The second kappa shape index (κ2) is 10.2. The molecule has 1 aliphatic rings. The van der Waals surface area contributed by atoms with E-state index in [1.165, 1.54) is 9.30 Å². The monoisotopic (exact) mass is 482 g/mol. The largest absolute Gasteiger partial charge is 0.497 e. The third-order valence-corrected chi connectivity index (χ3v) is 6.43. The number of ether oxygens (including phenoxy) is 2. The Bertz CT molecular complexity index is 1290. The van der Waals surface area contributed by atoms with Crippen molar-refractivity contribution in [3.8, 4) is 5.75 Å². The Morgan fingerprint density at radius 3 is 2.67 bits per heavy atom. The van der Waals surface area contributed by atoms with Crippen molar-refractivity contribution in [2.45, 2.75) is 6.54 Å². The first-order valence-electron chi connectivity index (χ1n) is 10.1. The predicted molar refractivity (Wildman–Crippen MR) is 134 cm³/mol. The fourth-order valence-corrected chi connectivity index (χ4v) is 4.59. The van der Waals surface area contributed by atoms with Crippen LogP contribution in [-0.2, 0) is 16.1 Å². The Morgan fingerprint density at radius 1 is 1.15 bits per heavy atom. The summed E-state index contributed by atoms with van der Waals surface area (Å²) in [4.78, 5) is 32.7. The SMILES string of the molecule is COCCN1C(=O)/C(=C/c2c(NCc3ccc(OC)cc3)nc3ccccn3c2=O)SC1=S. The van der Waals surface area contributed by atoms with Gasteiger partial charge in [0.25, 0.3) is 11.5 Å². The number of carbonyl (C=O) groups excluding carboxylic acids is 1. The molecule has 1 amide bonds. The molecule has 0 aliphatic carbocycles. The summed E-state index contributed by atoms with van der Waals surface area (Å²) < 4.78 is 12.2. The van der Waals surface area contributed by atoms with Crippen LogP contribution in [0.5, 0.6) is 5.75 Å². The third-order valence-electron chi connectivity index (χ3n) is 5.06. The second-order valence-corrected chi connectivity index (χ2v) is 8.81. The van der Waals surface area contributed by atoms with Gasteiger partial charge in [0.15, 0.2) is 0 Å². The molecule has 0 bridgehead atoms. The molecule has 1 aliphatic heterocycles. The summed E-state index contributed by atoms with van der Waals surface area (Å²) in [6, 6.07) is 12.9. The van der Waals surface area contributed by atoms with Crippen molar-refractivity contribution in [1.29, 1.82) is 0 Å². The summed E-state index contributed by atoms with van der Waals surface area (Å²) in [7, 11) is 3.18.